The van der Waals surface area contributed by atoms with E-state index in [0.717, 1.165) is 22.5 Å². The lowest BCUT2D eigenvalue weighted by atomic mass is 9.99. The lowest BCUT2D eigenvalue weighted by molar-refractivity contribution is -0.168. The van der Waals surface area contributed by atoms with E-state index < -0.39 is 5.60 Å². The molecule has 1 aromatic heterocycles. The van der Waals surface area contributed by atoms with Gasteiger partial charge in [-0.25, -0.2) is 4.79 Å². The SMILES string of the molecule is CCOC(=O)C1(CC)C=C(c2c(C)c3ccccc3n2C)NO1. The van der Waals surface area contributed by atoms with Crippen molar-refractivity contribution in [1.82, 2.24) is 10.0 Å². The zero-order valence-electron chi connectivity index (χ0n) is 14.0. The highest BCUT2D eigenvalue weighted by Crippen LogP contribution is 2.34. The van der Waals surface area contributed by atoms with Crippen LogP contribution in [0.1, 0.15) is 31.5 Å². The van der Waals surface area contributed by atoms with Crippen LogP contribution in [-0.4, -0.2) is 22.7 Å². The van der Waals surface area contributed by atoms with E-state index in [2.05, 4.69) is 29.1 Å². The summed E-state index contributed by atoms with van der Waals surface area (Å²) in [5.74, 6) is -0.360. The lowest BCUT2D eigenvalue weighted by Gasteiger charge is -2.20. The quantitative estimate of drug-likeness (QED) is 0.881. The van der Waals surface area contributed by atoms with Crippen LogP contribution in [0, 0.1) is 6.92 Å². The number of benzene rings is 1. The van der Waals surface area contributed by atoms with E-state index in [1.165, 1.54) is 5.39 Å². The molecule has 1 aromatic carbocycles. The van der Waals surface area contributed by atoms with Gasteiger partial charge in [-0.15, -0.1) is 0 Å². The van der Waals surface area contributed by atoms with Crippen molar-refractivity contribution in [2.75, 3.05) is 6.61 Å². The fraction of sp³-hybridized carbons (Fsp3) is 0.389. The van der Waals surface area contributed by atoms with Crippen molar-refractivity contribution in [2.24, 2.45) is 7.05 Å². The average molecular weight is 314 g/mol. The largest absolute Gasteiger partial charge is 0.464 e. The minimum atomic E-state index is -1.06. The summed E-state index contributed by atoms with van der Waals surface area (Å²) in [7, 11) is 2.02. The van der Waals surface area contributed by atoms with Crippen LogP contribution in [0.25, 0.3) is 16.6 Å². The van der Waals surface area contributed by atoms with E-state index in [4.69, 9.17) is 9.57 Å². The topological polar surface area (TPSA) is 52.5 Å². The van der Waals surface area contributed by atoms with Crippen molar-refractivity contribution in [1.29, 1.82) is 0 Å². The summed E-state index contributed by atoms with van der Waals surface area (Å²) in [4.78, 5) is 17.9. The van der Waals surface area contributed by atoms with Gasteiger partial charge in [-0.05, 0) is 38.0 Å². The molecule has 1 aliphatic heterocycles. The van der Waals surface area contributed by atoms with Crippen molar-refractivity contribution in [3.8, 4) is 0 Å². The average Bonchev–Trinajstić information content (AvgIpc) is 3.10. The van der Waals surface area contributed by atoms with Gasteiger partial charge in [0.15, 0.2) is 0 Å². The maximum absolute atomic E-state index is 12.3. The maximum atomic E-state index is 12.3. The number of aryl methyl sites for hydroxylation is 2. The summed E-state index contributed by atoms with van der Waals surface area (Å²) in [5, 5.41) is 1.19. The number of carbonyl (C=O) groups is 1. The molecule has 5 nitrogen and oxygen atoms in total. The molecular formula is C18H22N2O3. The van der Waals surface area contributed by atoms with Gasteiger partial charge in [0.05, 0.1) is 18.0 Å². The summed E-state index contributed by atoms with van der Waals surface area (Å²) < 4.78 is 7.28. The molecule has 23 heavy (non-hydrogen) atoms. The van der Waals surface area contributed by atoms with Gasteiger partial charge in [-0.2, -0.15) is 0 Å². The normalized spacial score (nSPS) is 20.4. The second-order valence-electron chi connectivity index (χ2n) is 5.78. The molecule has 0 spiro atoms. The Morgan fingerprint density at radius 3 is 2.74 bits per heavy atom. The molecule has 1 N–H and O–H groups in total. The van der Waals surface area contributed by atoms with Gasteiger partial charge in [0.25, 0.3) is 0 Å². The molecule has 0 aliphatic carbocycles. The summed E-state index contributed by atoms with van der Waals surface area (Å²) in [6.45, 7) is 6.12. The van der Waals surface area contributed by atoms with E-state index in [-0.39, 0.29) is 5.97 Å². The van der Waals surface area contributed by atoms with Gasteiger partial charge in [0.1, 0.15) is 0 Å². The predicted molar refractivity (Wildman–Crippen MR) is 89.5 cm³/mol. The van der Waals surface area contributed by atoms with Crippen molar-refractivity contribution < 1.29 is 14.4 Å². The zero-order chi connectivity index (χ0) is 16.6. The fourth-order valence-corrected chi connectivity index (χ4v) is 3.19. The molecule has 0 fully saturated rings. The molecule has 0 radical (unpaired) electrons. The number of ether oxygens (including phenoxy) is 1. The van der Waals surface area contributed by atoms with Crippen LogP contribution in [0.5, 0.6) is 0 Å². The Hall–Kier alpha value is -2.27. The monoisotopic (exact) mass is 314 g/mol. The second kappa shape index (κ2) is 5.74. The maximum Gasteiger partial charge on any atom is 0.345 e. The third-order valence-electron chi connectivity index (χ3n) is 4.48. The predicted octanol–water partition coefficient (Wildman–Crippen LogP) is 3.07. The van der Waals surface area contributed by atoms with Crippen LogP contribution in [0.2, 0.25) is 0 Å². The molecule has 3 rings (SSSR count). The Kier molecular flexibility index (Phi) is 3.90. The lowest BCUT2D eigenvalue weighted by Crippen LogP contribution is -2.39. The first-order valence-corrected chi connectivity index (χ1v) is 7.92. The van der Waals surface area contributed by atoms with E-state index in [0.29, 0.717) is 13.0 Å². The molecule has 122 valence electrons. The number of carbonyl (C=O) groups excluding carboxylic acids is 1. The molecule has 1 unspecified atom stereocenters. The first-order chi connectivity index (χ1) is 11.0. The van der Waals surface area contributed by atoms with Gasteiger partial charge < -0.3 is 9.30 Å². The molecular weight excluding hydrogens is 292 g/mol. The number of aromatic nitrogens is 1. The van der Waals surface area contributed by atoms with Gasteiger partial charge in [-0.3, -0.25) is 10.3 Å². The van der Waals surface area contributed by atoms with E-state index in [1.807, 2.05) is 32.2 Å². The van der Waals surface area contributed by atoms with Crippen LogP contribution < -0.4 is 5.48 Å². The molecule has 5 heteroatoms. The smallest absolute Gasteiger partial charge is 0.345 e. The van der Waals surface area contributed by atoms with Crippen molar-refractivity contribution in [3.05, 3.63) is 41.6 Å². The minimum absolute atomic E-state index is 0.334. The van der Waals surface area contributed by atoms with E-state index in [9.17, 15) is 4.79 Å². The van der Waals surface area contributed by atoms with Gasteiger partial charge in [0.2, 0.25) is 5.60 Å². The molecule has 0 saturated carbocycles. The van der Waals surface area contributed by atoms with Gasteiger partial charge in [0, 0.05) is 18.0 Å². The summed E-state index contributed by atoms with van der Waals surface area (Å²) >= 11 is 0. The number of nitrogens with zero attached hydrogens (tertiary/aromatic N) is 1. The third kappa shape index (κ3) is 2.32. The van der Waals surface area contributed by atoms with Crippen LogP contribution in [-0.2, 0) is 21.4 Å². The molecule has 0 bridgehead atoms. The highest BCUT2D eigenvalue weighted by atomic mass is 16.7. The Labute approximate surface area is 135 Å². The summed E-state index contributed by atoms with van der Waals surface area (Å²) in [5.41, 5.74) is 6.00. The summed E-state index contributed by atoms with van der Waals surface area (Å²) in [6.07, 6.45) is 2.34. The first-order valence-electron chi connectivity index (χ1n) is 7.92. The minimum Gasteiger partial charge on any atom is -0.464 e. The van der Waals surface area contributed by atoms with E-state index >= 15 is 0 Å². The Balaban J connectivity index is 2.10. The number of fused-ring (bicyclic) bond motifs is 1. The van der Waals surface area contributed by atoms with Crippen molar-refractivity contribution in [2.45, 2.75) is 32.8 Å². The van der Waals surface area contributed by atoms with Gasteiger partial charge in [-0.1, -0.05) is 25.1 Å². The molecule has 1 aliphatic rings. The number of hydrogen-bond donors (Lipinski definition) is 1. The van der Waals surface area contributed by atoms with Crippen LogP contribution in [0.4, 0.5) is 0 Å². The number of nitrogens with one attached hydrogen (secondary N) is 1. The Morgan fingerprint density at radius 1 is 1.35 bits per heavy atom. The number of hydrogen-bond acceptors (Lipinski definition) is 4. The zero-order valence-corrected chi connectivity index (χ0v) is 14.0. The highest BCUT2D eigenvalue weighted by Gasteiger charge is 2.43. The van der Waals surface area contributed by atoms with Crippen LogP contribution >= 0.6 is 0 Å². The van der Waals surface area contributed by atoms with Gasteiger partial charge >= 0.3 is 5.97 Å². The Morgan fingerprint density at radius 2 is 2.09 bits per heavy atom. The summed E-state index contributed by atoms with van der Waals surface area (Å²) in [6, 6.07) is 8.23. The molecule has 0 amide bonds. The molecule has 1 atom stereocenters. The van der Waals surface area contributed by atoms with Crippen molar-refractivity contribution in [3.63, 3.8) is 0 Å². The molecule has 2 aromatic rings. The van der Waals surface area contributed by atoms with Crippen molar-refractivity contribution >= 4 is 22.6 Å². The third-order valence-corrected chi connectivity index (χ3v) is 4.48. The highest BCUT2D eigenvalue weighted by molar-refractivity contribution is 5.92. The van der Waals surface area contributed by atoms with E-state index in [1.54, 1.807) is 6.92 Å². The number of rotatable bonds is 4. The second-order valence-corrected chi connectivity index (χ2v) is 5.78. The standard InChI is InChI=1S/C18H22N2O3/c1-5-18(17(21)22-6-2)11-14(19-23-18)16-12(3)13-9-7-8-10-15(13)20(16)4/h7-11,19H,5-6H2,1-4H3. The molecule has 2 heterocycles. The number of hydroxylamine groups is 1. The number of esters is 1. The van der Waals surface area contributed by atoms with Crippen LogP contribution in [0.3, 0.4) is 0 Å². The first kappa shape index (κ1) is 15.6. The Bertz CT molecular complexity index is 752. The number of para-hydroxylation sites is 1. The molecule has 0 saturated heterocycles. The van der Waals surface area contributed by atoms with Crippen LogP contribution in [0.15, 0.2) is 30.3 Å². The fourth-order valence-electron chi connectivity index (χ4n) is 3.19.